The van der Waals surface area contributed by atoms with Crippen molar-refractivity contribution in [2.45, 2.75) is 37.5 Å². The van der Waals surface area contributed by atoms with Gasteiger partial charge in [-0.2, -0.15) is 0 Å². The van der Waals surface area contributed by atoms with Crippen LogP contribution < -0.4 is 20.7 Å². The van der Waals surface area contributed by atoms with E-state index in [-0.39, 0.29) is 34.3 Å². The van der Waals surface area contributed by atoms with Crippen LogP contribution in [0.2, 0.25) is 0 Å². The van der Waals surface area contributed by atoms with Crippen molar-refractivity contribution in [3.63, 3.8) is 0 Å². The first kappa shape index (κ1) is 19.2. The van der Waals surface area contributed by atoms with Gasteiger partial charge in [-0.25, -0.2) is 15.0 Å². The summed E-state index contributed by atoms with van der Waals surface area (Å²) in [5, 5.41) is 7.92. The summed E-state index contributed by atoms with van der Waals surface area (Å²) in [5.74, 6) is 1.01. The standard InChI is InChI=1S/C27H28N6O3/c1-28-26(35)19-14-29-22(33-25(34)16-6-7-16)8-21(19)32-20-5-3-4-18(23(20)36-2)24-30-12-17(13-31-24)27-9-15(10-27)11-27/h3-5,8,12-16H,6-7,9-11H2,1-2H3,(H,28,35)(H2,29,32,33,34)/i1D3. The molecule has 9 heteroatoms. The van der Waals surface area contributed by atoms with Gasteiger partial charge in [-0.3, -0.25) is 9.59 Å². The molecule has 1 aromatic carbocycles. The highest BCUT2D eigenvalue weighted by molar-refractivity contribution is 6.01. The zero-order valence-electron chi connectivity index (χ0n) is 22.8. The average Bonchev–Trinajstić information content (AvgIpc) is 3.67. The van der Waals surface area contributed by atoms with E-state index in [0.717, 1.165) is 18.8 Å². The van der Waals surface area contributed by atoms with Gasteiger partial charge in [0.1, 0.15) is 5.82 Å². The van der Waals surface area contributed by atoms with Crippen LogP contribution in [0.1, 0.15) is 52.1 Å². The predicted molar refractivity (Wildman–Crippen MR) is 135 cm³/mol. The van der Waals surface area contributed by atoms with Gasteiger partial charge in [0.25, 0.3) is 5.91 Å². The zero-order valence-corrected chi connectivity index (χ0v) is 19.8. The normalized spacial score (nSPS) is 23.1. The first-order valence-electron chi connectivity index (χ1n) is 13.5. The molecule has 2 aromatic heterocycles. The number of carbonyl (C=O) groups excluding carboxylic acids is 2. The molecule has 0 spiro atoms. The van der Waals surface area contributed by atoms with Crippen LogP contribution in [0, 0.1) is 11.8 Å². The number of amides is 2. The molecule has 4 aliphatic carbocycles. The highest BCUT2D eigenvalue weighted by atomic mass is 16.5. The van der Waals surface area contributed by atoms with Gasteiger partial charge in [0.2, 0.25) is 5.91 Å². The minimum absolute atomic E-state index is 0.0119. The summed E-state index contributed by atoms with van der Waals surface area (Å²) in [5.41, 5.74) is 2.81. The molecule has 0 radical (unpaired) electrons. The number of nitrogens with one attached hydrogen (secondary N) is 3. The number of nitrogens with zero attached hydrogens (tertiary/aromatic N) is 3. The van der Waals surface area contributed by atoms with Crippen molar-refractivity contribution in [3.05, 3.63) is 54.0 Å². The third kappa shape index (κ3) is 3.84. The zero-order chi connectivity index (χ0) is 27.4. The summed E-state index contributed by atoms with van der Waals surface area (Å²) in [6.07, 6.45) is 10.3. The lowest BCUT2D eigenvalue weighted by Gasteiger charge is -2.62. The molecule has 2 heterocycles. The highest BCUT2D eigenvalue weighted by Gasteiger charge is 2.57. The molecule has 36 heavy (non-hydrogen) atoms. The summed E-state index contributed by atoms with van der Waals surface area (Å²) in [7, 11) is 1.52. The maximum atomic E-state index is 12.8. The maximum Gasteiger partial charge on any atom is 0.254 e. The minimum atomic E-state index is -2.69. The second kappa shape index (κ2) is 8.58. The fourth-order valence-corrected chi connectivity index (χ4v) is 5.20. The molecule has 7 rings (SSSR count). The number of carbonyl (C=O) groups is 2. The van der Waals surface area contributed by atoms with Gasteiger partial charge in [-0.15, -0.1) is 0 Å². The largest absolute Gasteiger partial charge is 0.494 e. The Morgan fingerprint density at radius 2 is 1.86 bits per heavy atom. The molecule has 4 fully saturated rings. The second-order valence-corrected chi connectivity index (χ2v) is 9.90. The summed E-state index contributed by atoms with van der Waals surface area (Å²) >= 11 is 0. The summed E-state index contributed by atoms with van der Waals surface area (Å²) in [6, 6.07) is 6.90. The molecule has 2 bridgehead atoms. The molecular formula is C27H28N6O3. The fraction of sp³-hybridized carbons (Fsp3) is 0.370. The molecule has 0 unspecified atom stereocenters. The number of benzene rings is 1. The monoisotopic (exact) mass is 487 g/mol. The van der Waals surface area contributed by atoms with Gasteiger partial charge in [0.15, 0.2) is 11.6 Å². The Balaban J connectivity index is 1.32. The maximum absolute atomic E-state index is 12.8. The van der Waals surface area contributed by atoms with Crippen molar-refractivity contribution in [3.8, 4) is 17.1 Å². The topological polar surface area (TPSA) is 118 Å². The molecule has 0 saturated heterocycles. The Morgan fingerprint density at radius 3 is 2.50 bits per heavy atom. The predicted octanol–water partition coefficient (Wildman–Crippen LogP) is 4.05. The van der Waals surface area contributed by atoms with E-state index in [1.807, 2.05) is 23.8 Å². The van der Waals surface area contributed by atoms with E-state index >= 15 is 0 Å². The van der Waals surface area contributed by atoms with Crippen LogP contribution in [0.15, 0.2) is 42.9 Å². The summed E-state index contributed by atoms with van der Waals surface area (Å²) in [6.45, 7) is -2.69. The van der Waals surface area contributed by atoms with Crippen LogP contribution in [0.5, 0.6) is 5.75 Å². The summed E-state index contributed by atoms with van der Waals surface area (Å²) in [4.78, 5) is 38.6. The molecule has 2 amide bonds. The van der Waals surface area contributed by atoms with Crippen LogP contribution in [0.4, 0.5) is 17.2 Å². The van der Waals surface area contributed by atoms with Gasteiger partial charge in [-0.05, 0) is 61.1 Å². The first-order valence-corrected chi connectivity index (χ1v) is 12.0. The Kier molecular flexibility index (Phi) is 4.58. The summed E-state index contributed by atoms with van der Waals surface area (Å²) < 4.78 is 28.0. The highest BCUT2D eigenvalue weighted by Crippen LogP contribution is 2.64. The second-order valence-electron chi connectivity index (χ2n) is 9.90. The number of aromatic nitrogens is 3. The molecule has 4 saturated carbocycles. The van der Waals surface area contributed by atoms with Gasteiger partial charge >= 0.3 is 0 Å². The number of pyridine rings is 1. The van der Waals surface area contributed by atoms with E-state index in [1.165, 1.54) is 44.2 Å². The van der Waals surface area contributed by atoms with Crippen molar-refractivity contribution >= 4 is 29.0 Å². The van der Waals surface area contributed by atoms with Crippen molar-refractivity contribution in [2.24, 2.45) is 11.8 Å². The van der Waals surface area contributed by atoms with E-state index < -0.39 is 12.9 Å². The third-order valence-electron chi connectivity index (χ3n) is 7.49. The molecule has 3 aromatic rings. The Labute approximate surface area is 213 Å². The molecule has 184 valence electrons. The lowest BCUT2D eigenvalue weighted by atomic mass is 9.42. The number of hydrogen-bond acceptors (Lipinski definition) is 7. The average molecular weight is 488 g/mol. The van der Waals surface area contributed by atoms with Crippen LogP contribution in [-0.2, 0) is 10.2 Å². The van der Waals surface area contributed by atoms with Crippen molar-refractivity contribution < 1.29 is 18.4 Å². The van der Waals surface area contributed by atoms with Crippen LogP contribution in [0.3, 0.4) is 0 Å². The van der Waals surface area contributed by atoms with Gasteiger partial charge < -0.3 is 20.7 Å². The minimum Gasteiger partial charge on any atom is -0.494 e. The number of hydrogen-bond donors (Lipinski definition) is 3. The van der Waals surface area contributed by atoms with Crippen LogP contribution in [0.25, 0.3) is 11.4 Å². The van der Waals surface area contributed by atoms with Gasteiger partial charge in [0, 0.05) is 41.7 Å². The fourth-order valence-electron chi connectivity index (χ4n) is 5.20. The lowest BCUT2D eigenvalue weighted by Crippen LogP contribution is -2.55. The number of anilines is 3. The quantitative estimate of drug-likeness (QED) is 0.439. The van der Waals surface area contributed by atoms with Crippen LogP contribution in [-0.4, -0.2) is 40.9 Å². The van der Waals surface area contributed by atoms with E-state index in [4.69, 9.17) is 8.85 Å². The molecule has 0 aliphatic heterocycles. The lowest BCUT2D eigenvalue weighted by molar-refractivity contribution is -0.117. The van der Waals surface area contributed by atoms with Crippen molar-refractivity contribution in [1.29, 1.82) is 0 Å². The van der Waals surface area contributed by atoms with E-state index in [9.17, 15) is 9.59 Å². The van der Waals surface area contributed by atoms with E-state index in [1.54, 1.807) is 12.1 Å². The molecule has 4 aliphatic rings. The number of ether oxygens (including phenoxy) is 1. The molecule has 0 atom stereocenters. The van der Waals surface area contributed by atoms with Crippen LogP contribution >= 0.6 is 0 Å². The molecule has 9 nitrogen and oxygen atoms in total. The smallest absolute Gasteiger partial charge is 0.254 e. The molecule has 3 N–H and O–H groups in total. The number of rotatable bonds is 8. The Morgan fingerprint density at radius 1 is 1.08 bits per heavy atom. The Bertz CT molecular complexity index is 1440. The third-order valence-corrected chi connectivity index (χ3v) is 7.49. The SMILES string of the molecule is [2H]C([2H])([2H])NC(=O)c1cnc(NC(=O)C2CC2)cc1Nc1cccc(-c2ncc(C34CC(C3)C4)cn2)c1OC. The van der Waals surface area contributed by atoms with Crippen molar-refractivity contribution in [2.75, 3.05) is 24.7 Å². The van der Waals surface area contributed by atoms with E-state index in [0.29, 0.717) is 22.8 Å². The first-order chi connectivity index (χ1) is 18.6. The number of para-hydroxylation sites is 1. The van der Waals surface area contributed by atoms with Crippen molar-refractivity contribution in [1.82, 2.24) is 20.3 Å². The number of methoxy groups -OCH3 is 1. The van der Waals surface area contributed by atoms with E-state index in [2.05, 4.69) is 25.6 Å². The Hall–Kier alpha value is -4.01. The molecular weight excluding hydrogens is 456 g/mol. The van der Waals surface area contributed by atoms with Gasteiger partial charge in [0.05, 0.1) is 29.6 Å². The van der Waals surface area contributed by atoms with Gasteiger partial charge in [-0.1, -0.05) is 6.07 Å².